The van der Waals surface area contributed by atoms with Crippen LogP contribution in [-0.2, 0) is 0 Å². The molecule has 0 aromatic heterocycles. The van der Waals surface area contributed by atoms with Crippen molar-refractivity contribution in [1.29, 1.82) is 0 Å². The fraction of sp³-hybridized carbons (Fsp3) is 1.00. The summed E-state index contributed by atoms with van der Waals surface area (Å²) in [5.41, 5.74) is 7.17. The molecule has 2 saturated carbocycles. The largest absolute Gasteiger partial charge is 0.325 e. The van der Waals surface area contributed by atoms with Crippen LogP contribution in [0.2, 0.25) is 0 Å². The highest BCUT2D eigenvalue weighted by Gasteiger charge is 2.44. The van der Waals surface area contributed by atoms with Crippen LogP contribution in [0.1, 0.15) is 58.8 Å². The van der Waals surface area contributed by atoms with Crippen LogP contribution in [0.15, 0.2) is 0 Å². The fourth-order valence-electron chi connectivity index (χ4n) is 3.04. The summed E-state index contributed by atoms with van der Waals surface area (Å²) in [4.78, 5) is 0. The molecule has 2 aliphatic carbocycles. The molecule has 2 rings (SSSR count). The van der Waals surface area contributed by atoms with E-state index in [0.29, 0.717) is 5.41 Å². The highest BCUT2D eigenvalue weighted by atomic mass is 14.9. The zero-order valence-corrected chi connectivity index (χ0v) is 11.0. The zero-order valence-electron chi connectivity index (χ0n) is 11.0. The summed E-state index contributed by atoms with van der Waals surface area (Å²) < 4.78 is 0. The average Bonchev–Trinajstić information content (AvgIpc) is 2.83. The Morgan fingerprint density at radius 1 is 1.19 bits per heavy atom. The van der Waals surface area contributed by atoms with E-state index in [9.17, 15) is 0 Å². The third kappa shape index (κ3) is 3.21. The molecule has 1 unspecified atom stereocenters. The van der Waals surface area contributed by atoms with Gasteiger partial charge in [0.2, 0.25) is 0 Å². The maximum atomic E-state index is 6.40. The third-order valence-electron chi connectivity index (χ3n) is 4.76. The second-order valence-corrected chi connectivity index (χ2v) is 6.77. The van der Waals surface area contributed by atoms with Crippen LogP contribution >= 0.6 is 0 Å². The Hall–Kier alpha value is -0.0800. The molecule has 0 aromatic carbocycles. The number of hydrogen-bond donors (Lipinski definition) is 2. The van der Waals surface area contributed by atoms with Crippen molar-refractivity contribution < 1.29 is 0 Å². The van der Waals surface area contributed by atoms with Gasteiger partial charge in [0.25, 0.3) is 0 Å². The number of nitrogens with two attached hydrogens (primary N) is 1. The predicted octanol–water partition coefficient (Wildman–Crippen LogP) is 2.67. The highest BCUT2D eigenvalue weighted by Crippen LogP contribution is 2.50. The average molecular weight is 224 g/mol. The van der Waals surface area contributed by atoms with Crippen LogP contribution in [0.5, 0.6) is 0 Å². The minimum absolute atomic E-state index is 0.157. The molecule has 2 nitrogen and oxygen atoms in total. The van der Waals surface area contributed by atoms with Gasteiger partial charge in [-0.1, -0.05) is 33.1 Å². The van der Waals surface area contributed by atoms with Crippen molar-refractivity contribution in [2.75, 3.05) is 13.1 Å². The van der Waals surface area contributed by atoms with Crippen molar-refractivity contribution in [2.45, 2.75) is 64.3 Å². The first-order valence-corrected chi connectivity index (χ1v) is 7.02. The molecule has 1 atom stereocenters. The summed E-state index contributed by atoms with van der Waals surface area (Å²) in [6.45, 7) is 7.04. The molecule has 2 fully saturated rings. The molecule has 16 heavy (non-hydrogen) atoms. The lowest BCUT2D eigenvalue weighted by atomic mass is 9.80. The van der Waals surface area contributed by atoms with E-state index < -0.39 is 0 Å². The summed E-state index contributed by atoms with van der Waals surface area (Å²) in [5, 5.41) is 3.60. The zero-order chi connectivity index (χ0) is 11.6. The van der Waals surface area contributed by atoms with E-state index >= 15 is 0 Å². The molecule has 94 valence electrons. The minimum atomic E-state index is 0.157. The molecule has 0 amide bonds. The molecule has 0 aliphatic heterocycles. The van der Waals surface area contributed by atoms with E-state index in [1.165, 1.54) is 51.5 Å². The molecule has 0 spiro atoms. The first-order chi connectivity index (χ1) is 7.52. The Morgan fingerprint density at radius 2 is 1.81 bits per heavy atom. The van der Waals surface area contributed by atoms with Gasteiger partial charge in [-0.05, 0) is 50.1 Å². The van der Waals surface area contributed by atoms with Crippen molar-refractivity contribution in [3.05, 3.63) is 0 Å². The Balaban J connectivity index is 1.57. The molecule has 0 radical (unpaired) electrons. The van der Waals surface area contributed by atoms with E-state index in [-0.39, 0.29) is 5.54 Å². The minimum Gasteiger partial charge on any atom is -0.325 e. The van der Waals surface area contributed by atoms with E-state index in [0.717, 1.165) is 12.5 Å². The Bertz CT molecular complexity index is 229. The Kier molecular flexibility index (Phi) is 3.60. The van der Waals surface area contributed by atoms with Gasteiger partial charge in [-0.15, -0.1) is 0 Å². The maximum absolute atomic E-state index is 6.40. The van der Waals surface area contributed by atoms with Gasteiger partial charge in [0.05, 0.1) is 0 Å². The lowest BCUT2D eigenvalue weighted by molar-refractivity contribution is 0.274. The predicted molar refractivity (Wildman–Crippen MR) is 69.4 cm³/mol. The van der Waals surface area contributed by atoms with E-state index in [2.05, 4.69) is 19.2 Å². The second-order valence-electron chi connectivity index (χ2n) is 6.77. The van der Waals surface area contributed by atoms with Crippen LogP contribution < -0.4 is 11.1 Å². The first kappa shape index (κ1) is 12.4. The lowest BCUT2D eigenvalue weighted by Crippen LogP contribution is -2.44. The quantitative estimate of drug-likeness (QED) is 0.705. The normalized spacial score (nSPS) is 31.3. The molecule has 0 aromatic rings. The molecule has 3 N–H and O–H groups in total. The summed E-state index contributed by atoms with van der Waals surface area (Å²) in [6.07, 6.45) is 9.11. The Labute approximate surface area is 100 Å². The summed E-state index contributed by atoms with van der Waals surface area (Å²) >= 11 is 0. The van der Waals surface area contributed by atoms with Crippen LogP contribution in [0.3, 0.4) is 0 Å². The van der Waals surface area contributed by atoms with Crippen molar-refractivity contribution in [3.63, 3.8) is 0 Å². The molecule has 0 saturated heterocycles. The fourth-order valence-corrected chi connectivity index (χ4v) is 3.04. The highest BCUT2D eigenvalue weighted by molar-refractivity contribution is 4.96. The maximum Gasteiger partial charge on any atom is 0.0166 e. The van der Waals surface area contributed by atoms with Gasteiger partial charge >= 0.3 is 0 Å². The molecule has 0 heterocycles. The summed E-state index contributed by atoms with van der Waals surface area (Å²) in [7, 11) is 0. The van der Waals surface area contributed by atoms with Crippen LogP contribution in [0, 0.1) is 11.3 Å². The van der Waals surface area contributed by atoms with E-state index in [1.54, 1.807) is 0 Å². The molecular weight excluding hydrogens is 196 g/mol. The molecule has 2 heteroatoms. The van der Waals surface area contributed by atoms with Gasteiger partial charge in [0, 0.05) is 5.54 Å². The van der Waals surface area contributed by atoms with Gasteiger partial charge in [-0.2, -0.15) is 0 Å². The smallest absolute Gasteiger partial charge is 0.0166 e. The third-order valence-corrected chi connectivity index (χ3v) is 4.76. The van der Waals surface area contributed by atoms with Gasteiger partial charge in [-0.3, -0.25) is 0 Å². The monoisotopic (exact) mass is 224 g/mol. The first-order valence-electron chi connectivity index (χ1n) is 7.02. The van der Waals surface area contributed by atoms with Gasteiger partial charge < -0.3 is 11.1 Å². The van der Waals surface area contributed by atoms with Crippen molar-refractivity contribution in [1.82, 2.24) is 5.32 Å². The van der Waals surface area contributed by atoms with Crippen molar-refractivity contribution >= 4 is 0 Å². The van der Waals surface area contributed by atoms with E-state index in [1.807, 2.05) is 0 Å². The second kappa shape index (κ2) is 4.66. The lowest BCUT2D eigenvalue weighted by Gasteiger charge is -2.33. The standard InChI is InChI=1S/C14H28N2/c1-13(2)10-12(13)11-16-9-8-14(15)6-4-3-5-7-14/h12,16H,3-11,15H2,1-2H3. The van der Waals surface area contributed by atoms with Crippen molar-refractivity contribution in [3.8, 4) is 0 Å². The molecule has 2 aliphatic rings. The molecular formula is C14H28N2. The van der Waals surface area contributed by atoms with Gasteiger partial charge in [0.15, 0.2) is 0 Å². The summed E-state index contributed by atoms with van der Waals surface area (Å²) in [6, 6.07) is 0. The summed E-state index contributed by atoms with van der Waals surface area (Å²) in [5.74, 6) is 0.910. The van der Waals surface area contributed by atoms with E-state index in [4.69, 9.17) is 5.73 Å². The SMILES string of the molecule is CC1(C)CC1CNCCC1(N)CCCCC1. The van der Waals surface area contributed by atoms with Gasteiger partial charge in [-0.25, -0.2) is 0 Å². The molecule has 0 bridgehead atoms. The van der Waals surface area contributed by atoms with Gasteiger partial charge in [0.1, 0.15) is 0 Å². The van der Waals surface area contributed by atoms with Crippen LogP contribution in [-0.4, -0.2) is 18.6 Å². The topological polar surface area (TPSA) is 38.0 Å². The number of nitrogens with one attached hydrogen (secondary N) is 1. The number of hydrogen-bond acceptors (Lipinski definition) is 2. The Morgan fingerprint density at radius 3 is 2.38 bits per heavy atom. The van der Waals surface area contributed by atoms with Crippen LogP contribution in [0.4, 0.5) is 0 Å². The van der Waals surface area contributed by atoms with Crippen molar-refractivity contribution in [2.24, 2.45) is 17.1 Å². The number of rotatable bonds is 5. The van der Waals surface area contributed by atoms with Crippen LogP contribution in [0.25, 0.3) is 0 Å².